The Bertz CT molecular complexity index is 580. The lowest BCUT2D eigenvalue weighted by atomic mass is 9.88. The first kappa shape index (κ1) is 18.7. The Balaban J connectivity index is 1.99. The van der Waals surface area contributed by atoms with Crippen LogP contribution in [0.15, 0.2) is 24.3 Å². The molecule has 1 aromatic rings. The van der Waals surface area contributed by atoms with E-state index in [9.17, 15) is 9.59 Å². The van der Waals surface area contributed by atoms with Gasteiger partial charge in [0, 0.05) is 5.02 Å². The van der Waals surface area contributed by atoms with Crippen LogP contribution in [-0.4, -0.2) is 24.4 Å². The molecule has 0 spiro atoms. The third-order valence-electron chi connectivity index (χ3n) is 4.68. The van der Waals surface area contributed by atoms with E-state index in [2.05, 4.69) is 10.6 Å². The molecule has 132 valence electrons. The molecule has 1 fully saturated rings. The van der Waals surface area contributed by atoms with Gasteiger partial charge in [-0.15, -0.1) is 0 Å². The average molecular weight is 352 g/mol. The van der Waals surface area contributed by atoms with E-state index in [0.29, 0.717) is 5.02 Å². The van der Waals surface area contributed by atoms with Crippen LogP contribution in [0, 0.1) is 5.92 Å². The zero-order valence-corrected chi connectivity index (χ0v) is 15.0. The van der Waals surface area contributed by atoms with Crippen LogP contribution < -0.4 is 16.4 Å². The maximum atomic E-state index is 12.3. The third kappa shape index (κ3) is 4.48. The van der Waals surface area contributed by atoms with Crippen LogP contribution in [0.1, 0.15) is 45.1 Å². The summed E-state index contributed by atoms with van der Waals surface area (Å²) < 4.78 is 0. The van der Waals surface area contributed by atoms with Crippen molar-refractivity contribution >= 4 is 23.4 Å². The topological polar surface area (TPSA) is 84.2 Å². The summed E-state index contributed by atoms with van der Waals surface area (Å²) in [4.78, 5) is 24.2. The van der Waals surface area contributed by atoms with Crippen molar-refractivity contribution in [3.63, 3.8) is 0 Å². The molecule has 0 radical (unpaired) electrons. The first-order chi connectivity index (χ1) is 11.3. The van der Waals surface area contributed by atoms with E-state index in [1.807, 2.05) is 38.1 Å². The Hall–Kier alpha value is -1.59. The summed E-state index contributed by atoms with van der Waals surface area (Å²) >= 11 is 5.96. The molecule has 0 aliphatic heterocycles. The van der Waals surface area contributed by atoms with Gasteiger partial charge >= 0.3 is 0 Å². The Labute approximate surface area is 148 Å². The molecule has 4 N–H and O–H groups in total. The molecular weight excluding hydrogens is 326 g/mol. The molecule has 24 heavy (non-hydrogen) atoms. The molecule has 2 amide bonds. The van der Waals surface area contributed by atoms with Crippen molar-refractivity contribution in [3.8, 4) is 0 Å². The first-order valence-corrected chi connectivity index (χ1v) is 8.82. The predicted molar refractivity (Wildman–Crippen MR) is 95.6 cm³/mol. The highest BCUT2D eigenvalue weighted by molar-refractivity contribution is 6.30. The van der Waals surface area contributed by atoms with Gasteiger partial charge in [-0.05, 0) is 36.5 Å². The molecule has 0 heterocycles. The predicted octanol–water partition coefficient (Wildman–Crippen LogP) is 2.33. The van der Waals surface area contributed by atoms with Gasteiger partial charge in [0.2, 0.25) is 11.8 Å². The lowest BCUT2D eigenvalue weighted by molar-refractivity contribution is -0.128. The standard InChI is InChI=1S/C18H26ClN3O2/c1-12(2)16(20)17(24)21-11-15(23)22-18(9-3-4-10-18)13-5-7-14(19)8-6-13/h5-8,12,16H,3-4,9-11,20H2,1-2H3,(H,21,24)(H,22,23)/t16-/m0/s1. The fourth-order valence-corrected chi connectivity index (χ4v) is 3.26. The maximum absolute atomic E-state index is 12.3. The second kappa shape index (κ2) is 7.99. The number of carbonyl (C=O) groups excluding carboxylic acids is 2. The Morgan fingerprint density at radius 1 is 1.21 bits per heavy atom. The van der Waals surface area contributed by atoms with Gasteiger partial charge in [-0.3, -0.25) is 9.59 Å². The molecule has 5 nitrogen and oxygen atoms in total. The van der Waals surface area contributed by atoms with Crippen molar-refractivity contribution in [2.75, 3.05) is 6.54 Å². The Morgan fingerprint density at radius 3 is 2.33 bits per heavy atom. The van der Waals surface area contributed by atoms with Gasteiger partial charge in [0.25, 0.3) is 0 Å². The van der Waals surface area contributed by atoms with Crippen molar-refractivity contribution in [2.24, 2.45) is 11.7 Å². The SMILES string of the molecule is CC(C)[C@H](N)C(=O)NCC(=O)NC1(c2ccc(Cl)cc2)CCCC1. The van der Waals surface area contributed by atoms with Crippen LogP contribution in [-0.2, 0) is 15.1 Å². The summed E-state index contributed by atoms with van der Waals surface area (Å²) in [5.41, 5.74) is 6.47. The highest BCUT2D eigenvalue weighted by Gasteiger charge is 2.37. The highest BCUT2D eigenvalue weighted by Crippen LogP contribution is 2.39. The minimum Gasteiger partial charge on any atom is -0.346 e. The molecule has 6 heteroatoms. The van der Waals surface area contributed by atoms with Gasteiger partial charge in [0.1, 0.15) is 0 Å². The Kier molecular flexibility index (Phi) is 6.24. The van der Waals surface area contributed by atoms with E-state index in [0.717, 1.165) is 31.2 Å². The molecule has 1 atom stereocenters. The monoisotopic (exact) mass is 351 g/mol. The third-order valence-corrected chi connectivity index (χ3v) is 4.93. The van der Waals surface area contributed by atoms with Crippen molar-refractivity contribution in [2.45, 2.75) is 51.1 Å². The quantitative estimate of drug-likeness (QED) is 0.735. The van der Waals surface area contributed by atoms with E-state index >= 15 is 0 Å². The molecule has 0 aromatic heterocycles. The summed E-state index contributed by atoms with van der Waals surface area (Å²) in [7, 11) is 0. The lowest BCUT2D eigenvalue weighted by Gasteiger charge is -2.31. The first-order valence-electron chi connectivity index (χ1n) is 8.44. The van der Waals surface area contributed by atoms with E-state index in [4.69, 9.17) is 17.3 Å². The number of carbonyl (C=O) groups is 2. The van der Waals surface area contributed by atoms with E-state index < -0.39 is 6.04 Å². The fourth-order valence-electron chi connectivity index (χ4n) is 3.13. The van der Waals surface area contributed by atoms with Gasteiger partial charge in [-0.2, -0.15) is 0 Å². The summed E-state index contributed by atoms with van der Waals surface area (Å²) in [5.74, 6) is -0.466. The summed E-state index contributed by atoms with van der Waals surface area (Å²) in [5, 5.41) is 6.41. The number of rotatable bonds is 6. The number of nitrogens with one attached hydrogen (secondary N) is 2. The molecule has 0 unspecified atom stereocenters. The maximum Gasteiger partial charge on any atom is 0.240 e. The molecule has 2 rings (SSSR count). The van der Waals surface area contributed by atoms with Crippen LogP contribution in [0.4, 0.5) is 0 Å². The second-order valence-electron chi connectivity index (χ2n) is 6.83. The molecule has 1 aromatic carbocycles. The molecule has 1 aliphatic rings. The van der Waals surface area contributed by atoms with Crippen molar-refractivity contribution in [3.05, 3.63) is 34.9 Å². The van der Waals surface area contributed by atoms with Crippen LogP contribution in [0.3, 0.4) is 0 Å². The van der Waals surface area contributed by atoms with Gasteiger partial charge in [-0.1, -0.05) is 50.4 Å². The zero-order valence-electron chi connectivity index (χ0n) is 14.3. The normalized spacial score (nSPS) is 17.5. The van der Waals surface area contributed by atoms with E-state index in [-0.39, 0.29) is 29.8 Å². The van der Waals surface area contributed by atoms with E-state index in [1.54, 1.807) is 0 Å². The van der Waals surface area contributed by atoms with Crippen molar-refractivity contribution in [1.29, 1.82) is 0 Å². The van der Waals surface area contributed by atoms with E-state index in [1.165, 1.54) is 0 Å². The number of amides is 2. The average Bonchev–Trinajstić information content (AvgIpc) is 3.01. The van der Waals surface area contributed by atoms with Crippen LogP contribution in [0.5, 0.6) is 0 Å². The highest BCUT2D eigenvalue weighted by atomic mass is 35.5. The molecule has 0 saturated heterocycles. The zero-order chi connectivity index (χ0) is 17.7. The number of nitrogens with two attached hydrogens (primary N) is 1. The minimum absolute atomic E-state index is 0.0308. The summed E-state index contributed by atoms with van der Waals surface area (Å²) in [6.07, 6.45) is 3.90. The van der Waals surface area contributed by atoms with Gasteiger partial charge < -0.3 is 16.4 Å². The number of hydrogen-bond acceptors (Lipinski definition) is 3. The minimum atomic E-state index is -0.602. The molecule has 1 saturated carbocycles. The summed E-state index contributed by atoms with van der Waals surface area (Å²) in [6, 6.07) is 7.00. The smallest absolute Gasteiger partial charge is 0.240 e. The molecule has 1 aliphatic carbocycles. The van der Waals surface area contributed by atoms with Crippen LogP contribution in [0.25, 0.3) is 0 Å². The van der Waals surface area contributed by atoms with Crippen molar-refractivity contribution in [1.82, 2.24) is 10.6 Å². The molecule has 0 bridgehead atoms. The lowest BCUT2D eigenvalue weighted by Crippen LogP contribution is -2.51. The fraction of sp³-hybridized carbons (Fsp3) is 0.556. The largest absolute Gasteiger partial charge is 0.346 e. The van der Waals surface area contributed by atoms with Crippen LogP contribution in [0.2, 0.25) is 5.02 Å². The van der Waals surface area contributed by atoms with Gasteiger partial charge in [0.15, 0.2) is 0 Å². The van der Waals surface area contributed by atoms with Crippen LogP contribution >= 0.6 is 11.6 Å². The number of benzene rings is 1. The number of hydrogen-bond donors (Lipinski definition) is 3. The Morgan fingerprint density at radius 2 is 1.79 bits per heavy atom. The number of halogens is 1. The van der Waals surface area contributed by atoms with Gasteiger partial charge in [0.05, 0.1) is 18.1 Å². The van der Waals surface area contributed by atoms with Crippen molar-refractivity contribution < 1.29 is 9.59 Å². The summed E-state index contributed by atoms with van der Waals surface area (Å²) in [6.45, 7) is 3.69. The molecular formula is C18H26ClN3O2. The van der Waals surface area contributed by atoms with Gasteiger partial charge in [-0.25, -0.2) is 0 Å². The second-order valence-corrected chi connectivity index (χ2v) is 7.27.